The highest BCUT2D eigenvalue weighted by molar-refractivity contribution is 6.74. The zero-order valence-corrected chi connectivity index (χ0v) is 16.9. The molecule has 0 unspecified atom stereocenters. The van der Waals surface area contributed by atoms with Crippen molar-refractivity contribution in [2.45, 2.75) is 76.9 Å². The lowest BCUT2D eigenvalue weighted by molar-refractivity contribution is -0.412. The van der Waals surface area contributed by atoms with Gasteiger partial charge in [-0.25, -0.2) is 0 Å². The average Bonchev–Trinajstić information content (AvgIpc) is 2.32. The molecular formula is C15H30F6O3Si. The van der Waals surface area contributed by atoms with Gasteiger partial charge in [-0.15, -0.1) is 0 Å². The first-order valence-corrected chi connectivity index (χ1v) is 11.9. The minimum absolute atomic E-state index is 0.164. The number of rotatable bonds is 7. The monoisotopic (exact) mass is 400 g/mol. The summed E-state index contributed by atoms with van der Waals surface area (Å²) < 4.78 is 85.3. The average molecular weight is 400 g/mol. The quantitative estimate of drug-likeness (QED) is 0.371. The zero-order chi connectivity index (χ0) is 20.7. The Morgan fingerprint density at radius 3 is 1.44 bits per heavy atom. The summed E-state index contributed by atoms with van der Waals surface area (Å²) in [5, 5.41) is 9.20. The summed E-state index contributed by atoms with van der Waals surface area (Å²) in [5.41, 5.74) is -7.86. The van der Waals surface area contributed by atoms with E-state index >= 15 is 0 Å². The highest BCUT2D eigenvalue weighted by Gasteiger charge is 2.77. The van der Waals surface area contributed by atoms with Gasteiger partial charge >= 0.3 is 12.4 Å². The molecule has 0 amide bonds. The van der Waals surface area contributed by atoms with E-state index in [4.69, 9.17) is 4.74 Å². The van der Waals surface area contributed by atoms with E-state index in [1.165, 1.54) is 0 Å². The number of hydrogen-bond donors (Lipinski definition) is 1. The third-order valence-electron chi connectivity index (χ3n) is 2.73. The minimum Gasteiger partial charge on any atom is -0.379 e. The van der Waals surface area contributed by atoms with Gasteiger partial charge in [-0.2, -0.15) is 26.3 Å². The number of hydrogen-bond acceptors (Lipinski definition) is 3. The molecule has 0 heterocycles. The molecule has 0 radical (unpaired) electrons. The van der Waals surface area contributed by atoms with E-state index in [-0.39, 0.29) is 6.61 Å². The second kappa shape index (κ2) is 9.57. The standard InChI is InChI=1S/C11H18F6O3.C4H12Si/c1-4-5-19-6-7-20-8(2,3)9(18,10(12,13)14)11(15,16)17;1-5(2,3)4/h18H,4-7H2,1-3H3;1-4H3. The summed E-state index contributed by atoms with van der Waals surface area (Å²) in [4.78, 5) is 0. The van der Waals surface area contributed by atoms with Crippen molar-refractivity contribution in [1.82, 2.24) is 0 Å². The maximum absolute atomic E-state index is 12.6. The molecule has 0 aliphatic carbocycles. The summed E-state index contributed by atoms with van der Waals surface area (Å²) in [6.07, 6.45) is -11.2. The lowest BCUT2D eigenvalue weighted by Gasteiger charge is -2.43. The SMILES string of the molecule is CCCOCCOC(C)(C)C(O)(C(F)(F)F)C(F)(F)F.C[Si](C)(C)C. The molecule has 25 heavy (non-hydrogen) atoms. The highest BCUT2D eigenvalue weighted by atomic mass is 28.3. The molecule has 0 saturated carbocycles. The van der Waals surface area contributed by atoms with Gasteiger partial charge in [-0.1, -0.05) is 33.1 Å². The molecule has 3 nitrogen and oxygen atoms in total. The van der Waals surface area contributed by atoms with E-state index < -0.39 is 38.2 Å². The van der Waals surface area contributed by atoms with Crippen LogP contribution in [0.25, 0.3) is 0 Å². The molecule has 0 aromatic heterocycles. The molecule has 0 bridgehead atoms. The molecule has 0 aromatic rings. The van der Waals surface area contributed by atoms with E-state index in [2.05, 4.69) is 30.9 Å². The van der Waals surface area contributed by atoms with Crippen LogP contribution in [-0.4, -0.2) is 56.6 Å². The second-order valence-corrected chi connectivity index (χ2v) is 13.7. The van der Waals surface area contributed by atoms with Crippen LogP contribution in [0.1, 0.15) is 27.2 Å². The molecule has 0 aromatic carbocycles. The van der Waals surface area contributed by atoms with Crippen LogP contribution in [-0.2, 0) is 9.47 Å². The largest absolute Gasteiger partial charge is 0.429 e. The van der Waals surface area contributed by atoms with Crippen LogP contribution in [0.5, 0.6) is 0 Å². The van der Waals surface area contributed by atoms with Crippen LogP contribution in [0.2, 0.25) is 26.2 Å². The summed E-state index contributed by atoms with van der Waals surface area (Å²) in [6.45, 7) is 11.8. The van der Waals surface area contributed by atoms with Crippen molar-refractivity contribution in [3.05, 3.63) is 0 Å². The summed E-state index contributed by atoms with van der Waals surface area (Å²) in [7, 11) is -0.611. The topological polar surface area (TPSA) is 38.7 Å². The summed E-state index contributed by atoms with van der Waals surface area (Å²) in [6, 6.07) is 0. The Morgan fingerprint density at radius 2 is 1.16 bits per heavy atom. The van der Waals surface area contributed by atoms with Gasteiger partial charge in [0.2, 0.25) is 0 Å². The van der Waals surface area contributed by atoms with E-state index in [1.807, 2.05) is 0 Å². The van der Waals surface area contributed by atoms with E-state index in [1.54, 1.807) is 6.92 Å². The van der Waals surface area contributed by atoms with Crippen molar-refractivity contribution in [2.75, 3.05) is 19.8 Å². The van der Waals surface area contributed by atoms with Gasteiger partial charge in [-0.05, 0) is 20.3 Å². The fourth-order valence-corrected chi connectivity index (χ4v) is 1.55. The van der Waals surface area contributed by atoms with E-state index in [0.29, 0.717) is 26.9 Å². The van der Waals surface area contributed by atoms with Crippen LogP contribution < -0.4 is 0 Å². The zero-order valence-electron chi connectivity index (χ0n) is 15.9. The van der Waals surface area contributed by atoms with Crippen molar-refractivity contribution in [3.8, 4) is 0 Å². The molecule has 0 fully saturated rings. The third-order valence-corrected chi connectivity index (χ3v) is 2.73. The first-order chi connectivity index (χ1) is 10.8. The normalized spacial score (nSPS) is 14.2. The predicted molar refractivity (Wildman–Crippen MR) is 87.4 cm³/mol. The van der Waals surface area contributed by atoms with Crippen LogP contribution >= 0.6 is 0 Å². The molecule has 0 aliphatic rings. The van der Waals surface area contributed by atoms with Gasteiger partial charge < -0.3 is 14.6 Å². The Hall–Kier alpha value is -0.323. The van der Waals surface area contributed by atoms with Crippen LogP contribution in [0.4, 0.5) is 26.3 Å². The molecule has 0 atom stereocenters. The van der Waals surface area contributed by atoms with Gasteiger partial charge in [0.15, 0.2) is 0 Å². The number of halogens is 6. The summed E-state index contributed by atoms with van der Waals surface area (Å²) >= 11 is 0. The summed E-state index contributed by atoms with van der Waals surface area (Å²) in [5.74, 6) is 0. The fraction of sp³-hybridized carbons (Fsp3) is 1.00. The highest BCUT2D eigenvalue weighted by Crippen LogP contribution is 2.50. The first-order valence-electron chi connectivity index (χ1n) is 7.88. The second-order valence-electron chi connectivity index (χ2n) is 7.68. The van der Waals surface area contributed by atoms with Crippen molar-refractivity contribution < 1.29 is 40.9 Å². The Balaban J connectivity index is 0. The van der Waals surface area contributed by atoms with Crippen molar-refractivity contribution in [1.29, 1.82) is 0 Å². The molecule has 10 heteroatoms. The Morgan fingerprint density at radius 1 is 0.800 bits per heavy atom. The van der Waals surface area contributed by atoms with Gasteiger partial charge in [0.1, 0.15) is 5.60 Å². The maximum atomic E-state index is 12.6. The van der Waals surface area contributed by atoms with Crippen molar-refractivity contribution in [3.63, 3.8) is 0 Å². The van der Waals surface area contributed by atoms with Gasteiger partial charge in [0.25, 0.3) is 5.60 Å². The number of aliphatic hydroxyl groups is 1. The number of ether oxygens (including phenoxy) is 2. The van der Waals surface area contributed by atoms with Crippen molar-refractivity contribution in [2.24, 2.45) is 0 Å². The smallest absolute Gasteiger partial charge is 0.379 e. The fourth-order valence-electron chi connectivity index (χ4n) is 1.55. The number of alkyl halides is 6. The minimum atomic E-state index is -5.92. The molecule has 0 rings (SSSR count). The first kappa shape index (κ1) is 26.9. The lowest BCUT2D eigenvalue weighted by Crippen LogP contribution is -2.69. The third kappa shape index (κ3) is 9.25. The Bertz CT molecular complexity index is 355. The van der Waals surface area contributed by atoms with Crippen LogP contribution in [0, 0.1) is 0 Å². The molecule has 0 spiro atoms. The van der Waals surface area contributed by atoms with Gasteiger partial charge in [-0.3, -0.25) is 0 Å². The molecule has 0 aliphatic heterocycles. The van der Waals surface area contributed by atoms with Crippen LogP contribution in [0.3, 0.4) is 0 Å². The Labute approximate surface area is 146 Å². The molecule has 0 saturated heterocycles. The molecule has 1 N–H and O–H groups in total. The predicted octanol–water partition coefficient (Wildman–Crippen LogP) is 5.02. The Kier molecular flexibility index (Phi) is 10.3. The maximum Gasteiger partial charge on any atom is 0.429 e. The van der Waals surface area contributed by atoms with Crippen LogP contribution in [0.15, 0.2) is 0 Å². The van der Waals surface area contributed by atoms with Gasteiger partial charge in [0, 0.05) is 14.7 Å². The van der Waals surface area contributed by atoms with E-state index in [9.17, 15) is 31.4 Å². The molecular weight excluding hydrogens is 370 g/mol. The molecule has 154 valence electrons. The van der Waals surface area contributed by atoms with Gasteiger partial charge in [0.05, 0.1) is 13.2 Å². The van der Waals surface area contributed by atoms with Crippen molar-refractivity contribution >= 4 is 8.07 Å². The van der Waals surface area contributed by atoms with E-state index in [0.717, 1.165) is 0 Å². The lowest BCUT2D eigenvalue weighted by atomic mass is 9.84.